The molecule has 74 valence electrons. The van der Waals surface area contributed by atoms with Gasteiger partial charge in [-0.3, -0.25) is 0 Å². The first-order valence-electron chi connectivity index (χ1n) is 4.82. The molecule has 0 bridgehead atoms. The third-order valence-electron chi connectivity index (χ3n) is 2.23. The highest BCUT2D eigenvalue weighted by Crippen LogP contribution is 2.21. The molecule has 0 N–H and O–H groups in total. The molecule has 1 heterocycles. The third-order valence-corrected chi connectivity index (χ3v) is 2.23. The monoisotopic (exact) mass is 196 g/mol. The fourth-order valence-electron chi connectivity index (χ4n) is 1.49. The summed E-state index contributed by atoms with van der Waals surface area (Å²) in [5.41, 5.74) is 3.31. The van der Waals surface area contributed by atoms with Crippen molar-refractivity contribution >= 4 is 6.08 Å². The number of aromatic nitrogens is 2. The highest BCUT2D eigenvalue weighted by atomic mass is 14.8. The Morgan fingerprint density at radius 3 is 2.60 bits per heavy atom. The van der Waals surface area contributed by atoms with Crippen LogP contribution in [0.2, 0.25) is 0 Å². The minimum atomic E-state index is 0.743. The summed E-state index contributed by atoms with van der Waals surface area (Å²) in [5, 5.41) is 0. The molecule has 0 atom stereocenters. The topological polar surface area (TPSA) is 25.8 Å². The van der Waals surface area contributed by atoms with Gasteiger partial charge in [-0.25, -0.2) is 9.97 Å². The van der Waals surface area contributed by atoms with E-state index in [0.717, 1.165) is 17.0 Å². The molecule has 0 unspecified atom stereocenters. The summed E-state index contributed by atoms with van der Waals surface area (Å²) >= 11 is 0. The molecule has 0 saturated heterocycles. The maximum atomic E-state index is 4.23. The van der Waals surface area contributed by atoms with E-state index in [1.165, 1.54) is 5.56 Å². The zero-order valence-electron chi connectivity index (χ0n) is 8.64. The van der Waals surface area contributed by atoms with Gasteiger partial charge < -0.3 is 0 Å². The Morgan fingerprint density at radius 2 is 1.93 bits per heavy atom. The zero-order chi connectivity index (χ0) is 10.7. The molecule has 15 heavy (non-hydrogen) atoms. The predicted octanol–water partition coefficient (Wildman–Crippen LogP) is 3.10. The Kier molecular flexibility index (Phi) is 2.59. The van der Waals surface area contributed by atoms with E-state index in [2.05, 4.69) is 35.6 Å². The zero-order valence-corrected chi connectivity index (χ0v) is 8.64. The lowest BCUT2D eigenvalue weighted by atomic mass is 10.0. The Labute approximate surface area is 89.3 Å². The van der Waals surface area contributed by atoms with Gasteiger partial charge in [0.15, 0.2) is 5.82 Å². The number of aryl methyl sites for hydroxylation is 1. The van der Waals surface area contributed by atoms with Gasteiger partial charge in [0, 0.05) is 18.0 Å². The predicted molar refractivity (Wildman–Crippen MR) is 62.3 cm³/mol. The molecule has 2 rings (SSSR count). The second kappa shape index (κ2) is 4.05. The molecule has 2 nitrogen and oxygen atoms in total. The Bertz CT molecular complexity index is 475. The highest BCUT2D eigenvalue weighted by molar-refractivity contribution is 5.70. The van der Waals surface area contributed by atoms with Crippen molar-refractivity contribution in [1.82, 2.24) is 9.97 Å². The fourth-order valence-corrected chi connectivity index (χ4v) is 1.49. The molecule has 0 radical (unpaired) electrons. The second-order valence-electron chi connectivity index (χ2n) is 3.37. The number of nitrogens with zero attached hydrogens (tertiary/aromatic N) is 2. The van der Waals surface area contributed by atoms with Crippen molar-refractivity contribution in [3.8, 4) is 11.4 Å². The van der Waals surface area contributed by atoms with Crippen LogP contribution in [0.25, 0.3) is 17.5 Å². The summed E-state index contributed by atoms with van der Waals surface area (Å²) in [4.78, 5) is 8.46. The van der Waals surface area contributed by atoms with Gasteiger partial charge >= 0.3 is 0 Å². The van der Waals surface area contributed by atoms with E-state index in [-0.39, 0.29) is 0 Å². The number of hydrogen-bond acceptors (Lipinski definition) is 2. The Morgan fingerprint density at radius 1 is 1.20 bits per heavy atom. The van der Waals surface area contributed by atoms with E-state index in [0.29, 0.717) is 0 Å². The van der Waals surface area contributed by atoms with Crippen molar-refractivity contribution in [2.45, 2.75) is 6.92 Å². The van der Waals surface area contributed by atoms with Crippen LogP contribution in [0.1, 0.15) is 11.1 Å². The van der Waals surface area contributed by atoms with Crippen LogP contribution in [-0.2, 0) is 0 Å². The molecule has 0 aliphatic rings. The normalized spacial score (nSPS) is 9.93. The van der Waals surface area contributed by atoms with Crippen molar-refractivity contribution in [2.24, 2.45) is 0 Å². The second-order valence-corrected chi connectivity index (χ2v) is 3.37. The van der Waals surface area contributed by atoms with E-state index in [4.69, 9.17) is 0 Å². The van der Waals surface area contributed by atoms with Crippen LogP contribution in [0.5, 0.6) is 0 Å². The van der Waals surface area contributed by atoms with E-state index in [1.54, 1.807) is 12.4 Å². The average molecular weight is 196 g/mol. The molecule has 0 spiro atoms. The molecular weight excluding hydrogens is 184 g/mol. The first-order chi connectivity index (χ1) is 7.31. The van der Waals surface area contributed by atoms with Crippen LogP contribution in [0.3, 0.4) is 0 Å². The number of benzene rings is 1. The molecule has 2 aromatic rings. The van der Waals surface area contributed by atoms with Crippen LogP contribution in [0, 0.1) is 6.92 Å². The van der Waals surface area contributed by atoms with Gasteiger partial charge in [0.05, 0.1) is 0 Å². The summed E-state index contributed by atoms with van der Waals surface area (Å²) in [6.45, 7) is 5.86. The first kappa shape index (κ1) is 9.59. The van der Waals surface area contributed by atoms with Gasteiger partial charge in [-0.2, -0.15) is 0 Å². The van der Waals surface area contributed by atoms with E-state index >= 15 is 0 Å². The van der Waals surface area contributed by atoms with Crippen LogP contribution >= 0.6 is 0 Å². The summed E-state index contributed by atoms with van der Waals surface area (Å²) in [6, 6.07) is 7.98. The molecule has 0 amide bonds. The van der Waals surface area contributed by atoms with Gasteiger partial charge in [-0.1, -0.05) is 36.4 Å². The Balaban J connectivity index is 2.58. The van der Waals surface area contributed by atoms with Gasteiger partial charge in [-0.05, 0) is 18.6 Å². The van der Waals surface area contributed by atoms with Crippen LogP contribution < -0.4 is 0 Å². The molecule has 0 fully saturated rings. The number of hydrogen-bond donors (Lipinski definition) is 0. The van der Waals surface area contributed by atoms with E-state index in [1.807, 2.05) is 18.2 Å². The first-order valence-corrected chi connectivity index (χ1v) is 4.82. The van der Waals surface area contributed by atoms with Crippen molar-refractivity contribution in [3.05, 3.63) is 54.4 Å². The maximum absolute atomic E-state index is 4.23. The lowest BCUT2D eigenvalue weighted by Gasteiger charge is -2.05. The van der Waals surface area contributed by atoms with Gasteiger partial charge in [0.25, 0.3) is 0 Å². The lowest BCUT2D eigenvalue weighted by Crippen LogP contribution is -1.90. The quantitative estimate of drug-likeness (QED) is 0.737. The summed E-state index contributed by atoms with van der Waals surface area (Å²) < 4.78 is 0. The van der Waals surface area contributed by atoms with Gasteiger partial charge in [-0.15, -0.1) is 0 Å². The third kappa shape index (κ3) is 1.94. The van der Waals surface area contributed by atoms with Crippen LogP contribution in [0.15, 0.2) is 43.2 Å². The standard InChI is InChI=1S/C13H12N2/c1-3-11-9-10(2)5-6-12(11)13-14-7-4-8-15-13/h3-9H,1H2,2H3. The minimum absolute atomic E-state index is 0.743. The van der Waals surface area contributed by atoms with Gasteiger partial charge in [0.2, 0.25) is 0 Å². The largest absolute Gasteiger partial charge is 0.237 e. The summed E-state index contributed by atoms with van der Waals surface area (Å²) in [5.74, 6) is 0.743. The SMILES string of the molecule is C=Cc1cc(C)ccc1-c1ncccn1. The minimum Gasteiger partial charge on any atom is -0.237 e. The molecule has 1 aromatic heterocycles. The van der Waals surface area contributed by atoms with Crippen LogP contribution in [0.4, 0.5) is 0 Å². The van der Waals surface area contributed by atoms with Crippen molar-refractivity contribution in [3.63, 3.8) is 0 Å². The fraction of sp³-hybridized carbons (Fsp3) is 0.0769. The van der Waals surface area contributed by atoms with Crippen molar-refractivity contribution in [2.75, 3.05) is 0 Å². The van der Waals surface area contributed by atoms with E-state index in [9.17, 15) is 0 Å². The smallest absolute Gasteiger partial charge is 0.159 e. The van der Waals surface area contributed by atoms with Gasteiger partial charge in [0.1, 0.15) is 0 Å². The molecule has 1 aromatic carbocycles. The lowest BCUT2D eigenvalue weighted by molar-refractivity contribution is 1.17. The molecular formula is C13H12N2. The average Bonchev–Trinajstić information content (AvgIpc) is 2.30. The molecule has 0 aliphatic heterocycles. The highest BCUT2D eigenvalue weighted by Gasteiger charge is 2.04. The molecule has 2 heteroatoms. The molecule has 0 aliphatic carbocycles. The Hall–Kier alpha value is -1.96. The number of rotatable bonds is 2. The molecule has 0 saturated carbocycles. The summed E-state index contributed by atoms with van der Waals surface area (Å²) in [7, 11) is 0. The summed E-state index contributed by atoms with van der Waals surface area (Å²) in [6.07, 6.45) is 5.32. The van der Waals surface area contributed by atoms with Crippen LogP contribution in [-0.4, -0.2) is 9.97 Å². The van der Waals surface area contributed by atoms with Crippen molar-refractivity contribution in [1.29, 1.82) is 0 Å². The van der Waals surface area contributed by atoms with Crippen molar-refractivity contribution < 1.29 is 0 Å². The maximum Gasteiger partial charge on any atom is 0.159 e. The van der Waals surface area contributed by atoms with E-state index < -0.39 is 0 Å².